The maximum atomic E-state index is 10.8. The van der Waals surface area contributed by atoms with Crippen LogP contribution in [0.3, 0.4) is 0 Å². The molecule has 1 aromatic heterocycles. The van der Waals surface area contributed by atoms with Crippen molar-refractivity contribution in [3.8, 4) is 11.1 Å². The molecule has 0 aliphatic rings. The fourth-order valence-corrected chi connectivity index (χ4v) is 2.18. The normalized spacial score (nSPS) is 10.6. The van der Waals surface area contributed by atoms with Crippen LogP contribution in [0.15, 0.2) is 24.4 Å². The van der Waals surface area contributed by atoms with Crippen molar-refractivity contribution in [2.75, 3.05) is 0 Å². The van der Waals surface area contributed by atoms with E-state index in [0.717, 1.165) is 23.4 Å². The number of carboxylic acids is 1. The summed E-state index contributed by atoms with van der Waals surface area (Å²) in [4.78, 5) is 10.8. The van der Waals surface area contributed by atoms with Crippen molar-refractivity contribution in [1.29, 1.82) is 0 Å². The number of nitrogens with zero attached hydrogens (tertiary/aromatic N) is 2. The molecule has 0 bridgehead atoms. The van der Waals surface area contributed by atoms with Crippen molar-refractivity contribution in [3.05, 3.63) is 40.7 Å². The summed E-state index contributed by atoms with van der Waals surface area (Å²) in [6, 6.07) is 4.73. The van der Waals surface area contributed by atoms with E-state index in [4.69, 9.17) is 16.7 Å². The van der Waals surface area contributed by atoms with Gasteiger partial charge in [-0.1, -0.05) is 17.7 Å². The van der Waals surface area contributed by atoms with E-state index in [2.05, 4.69) is 5.10 Å². The molecule has 0 fully saturated rings. The summed E-state index contributed by atoms with van der Waals surface area (Å²) in [6.07, 6.45) is 1.75. The predicted octanol–water partition coefficient (Wildman–Crippen LogP) is 3.23. The van der Waals surface area contributed by atoms with Gasteiger partial charge in [0.15, 0.2) is 0 Å². The van der Waals surface area contributed by atoms with Gasteiger partial charge in [0.2, 0.25) is 0 Å². The smallest absolute Gasteiger partial charge is 0.335 e. The van der Waals surface area contributed by atoms with Gasteiger partial charge in [0.25, 0.3) is 0 Å². The first-order valence-electron chi connectivity index (χ1n) is 5.60. The molecular formula is C13H13ClN2O2. The molecule has 0 atom stereocenters. The molecule has 0 amide bonds. The summed E-state index contributed by atoms with van der Waals surface area (Å²) >= 11 is 6.13. The number of rotatable bonds is 3. The highest BCUT2D eigenvalue weighted by Crippen LogP contribution is 2.30. The topological polar surface area (TPSA) is 55.1 Å². The van der Waals surface area contributed by atoms with Gasteiger partial charge >= 0.3 is 5.97 Å². The molecule has 2 aromatic rings. The number of benzene rings is 1. The van der Waals surface area contributed by atoms with Crippen LogP contribution in [0.1, 0.15) is 23.0 Å². The molecule has 0 aliphatic heterocycles. The first-order valence-corrected chi connectivity index (χ1v) is 5.98. The lowest BCUT2D eigenvalue weighted by Gasteiger charge is -2.06. The first-order chi connectivity index (χ1) is 8.54. The third-order valence-corrected chi connectivity index (χ3v) is 3.22. The second-order valence-corrected chi connectivity index (χ2v) is 4.37. The minimum Gasteiger partial charge on any atom is -0.478 e. The van der Waals surface area contributed by atoms with Gasteiger partial charge in [-0.3, -0.25) is 4.68 Å². The van der Waals surface area contributed by atoms with Crippen LogP contribution >= 0.6 is 11.6 Å². The number of carbonyl (C=O) groups is 1. The molecule has 2 rings (SSSR count). The van der Waals surface area contributed by atoms with Crippen molar-refractivity contribution in [2.24, 2.45) is 0 Å². The molecular weight excluding hydrogens is 252 g/mol. The molecule has 4 nitrogen and oxygen atoms in total. The van der Waals surface area contributed by atoms with E-state index in [1.807, 2.05) is 18.5 Å². The fraction of sp³-hybridized carbons (Fsp3) is 0.231. The first kappa shape index (κ1) is 12.6. The highest BCUT2D eigenvalue weighted by molar-refractivity contribution is 6.33. The number of hydrogen-bond donors (Lipinski definition) is 1. The standard InChI is InChI=1S/C13H13ClN2O2/c1-3-16-8(2)11(7-15-16)10-5-4-9(13(17)18)6-12(10)14/h4-7H,3H2,1-2H3,(H,17,18). The molecule has 5 heteroatoms. The Morgan fingerprint density at radius 3 is 2.67 bits per heavy atom. The molecule has 94 valence electrons. The Balaban J connectivity index is 2.51. The van der Waals surface area contributed by atoms with Gasteiger partial charge in [0, 0.05) is 28.4 Å². The van der Waals surface area contributed by atoms with Gasteiger partial charge in [0.1, 0.15) is 0 Å². The number of halogens is 1. The zero-order chi connectivity index (χ0) is 13.3. The number of carboxylic acid groups (broad SMARTS) is 1. The van der Waals surface area contributed by atoms with Gasteiger partial charge in [-0.2, -0.15) is 5.10 Å². The van der Waals surface area contributed by atoms with Crippen molar-refractivity contribution < 1.29 is 9.90 Å². The molecule has 0 unspecified atom stereocenters. The summed E-state index contributed by atoms with van der Waals surface area (Å²) < 4.78 is 1.87. The Hall–Kier alpha value is -1.81. The molecule has 18 heavy (non-hydrogen) atoms. The SMILES string of the molecule is CCn1ncc(-c2ccc(C(=O)O)cc2Cl)c1C. The lowest BCUT2D eigenvalue weighted by atomic mass is 10.0. The van der Waals surface area contributed by atoms with E-state index >= 15 is 0 Å². The summed E-state index contributed by atoms with van der Waals surface area (Å²) in [5, 5.41) is 13.6. The van der Waals surface area contributed by atoms with Gasteiger partial charge in [-0.25, -0.2) is 4.79 Å². The zero-order valence-electron chi connectivity index (χ0n) is 10.1. The van der Waals surface area contributed by atoms with Crippen molar-refractivity contribution in [2.45, 2.75) is 20.4 Å². The second-order valence-electron chi connectivity index (χ2n) is 3.96. The maximum Gasteiger partial charge on any atom is 0.335 e. The molecule has 0 saturated carbocycles. The molecule has 1 N–H and O–H groups in total. The Morgan fingerprint density at radius 2 is 2.17 bits per heavy atom. The Labute approximate surface area is 110 Å². The van der Waals surface area contributed by atoms with Crippen LogP contribution in [0.5, 0.6) is 0 Å². The van der Waals surface area contributed by atoms with E-state index < -0.39 is 5.97 Å². The monoisotopic (exact) mass is 264 g/mol. The van der Waals surface area contributed by atoms with E-state index in [1.54, 1.807) is 18.3 Å². The number of aromatic nitrogens is 2. The maximum absolute atomic E-state index is 10.8. The van der Waals surface area contributed by atoms with Crippen LogP contribution in [0.25, 0.3) is 11.1 Å². The van der Waals surface area contributed by atoms with Gasteiger partial charge in [-0.15, -0.1) is 0 Å². The molecule has 0 spiro atoms. The Morgan fingerprint density at radius 1 is 1.44 bits per heavy atom. The molecule has 0 aliphatic carbocycles. The van der Waals surface area contributed by atoms with Crippen LogP contribution in [-0.4, -0.2) is 20.9 Å². The van der Waals surface area contributed by atoms with Crippen LogP contribution in [0.2, 0.25) is 5.02 Å². The lowest BCUT2D eigenvalue weighted by Crippen LogP contribution is -1.99. The van der Waals surface area contributed by atoms with Crippen LogP contribution < -0.4 is 0 Å². The summed E-state index contributed by atoms with van der Waals surface area (Å²) in [5.74, 6) is -0.982. The average molecular weight is 265 g/mol. The van der Waals surface area contributed by atoms with Gasteiger partial charge in [-0.05, 0) is 26.0 Å². The number of aryl methyl sites for hydroxylation is 1. The quantitative estimate of drug-likeness (QED) is 0.926. The minimum absolute atomic E-state index is 0.185. The minimum atomic E-state index is -0.982. The largest absolute Gasteiger partial charge is 0.478 e. The van der Waals surface area contributed by atoms with E-state index in [0.29, 0.717) is 5.02 Å². The third-order valence-electron chi connectivity index (χ3n) is 2.91. The fourth-order valence-electron chi connectivity index (χ4n) is 1.90. The predicted molar refractivity (Wildman–Crippen MR) is 70.0 cm³/mol. The third kappa shape index (κ3) is 2.11. The van der Waals surface area contributed by atoms with Crippen molar-refractivity contribution in [3.63, 3.8) is 0 Å². The summed E-state index contributed by atoms with van der Waals surface area (Å²) in [7, 11) is 0. The zero-order valence-corrected chi connectivity index (χ0v) is 10.9. The average Bonchev–Trinajstić information content (AvgIpc) is 2.70. The van der Waals surface area contributed by atoms with E-state index in [9.17, 15) is 4.79 Å². The van der Waals surface area contributed by atoms with Gasteiger partial charge in [0.05, 0.1) is 11.8 Å². The van der Waals surface area contributed by atoms with Gasteiger partial charge < -0.3 is 5.11 Å². The lowest BCUT2D eigenvalue weighted by molar-refractivity contribution is 0.0697. The van der Waals surface area contributed by atoms with E-state index in [1.165, 1.54) is 6.07 Å². The summed E-state index contributed by atoms with van der Waals surface area (Å²) in [6.45, 7) is 4.77. The molecule has 0 saturated heterocycles. The van der Waals surface area contributed by atoms with E-state index in [-0.39, 0.29) is 5.56 Å². The molecule has 1 aromatic carbocycles. The van der Waals surface area contributed by atoms with Crippen molar-refractivity contribution >= 4 is 17.6 Å². The van der Waals surface area contributed by atoms with Crippen LogP contribution in [0, 0.1) is 6.92 Å². The van der Waals surface area contributed by atoms with Crippen LogP contribution in [-0.2, 0) is 6.54 Å². The Kier molecular flexibility index (Phi) is 3.39. The van der Waals surface area contributed by atoms with Crippen molar-refractivity contribution in [1.82, 2.24) is 9.78 Å². The summed E-state index contributed by atoms with van der Waals surface area (Å²) in [5.41, 5.74) is 2.93. The van der Waals surface area contributed by atoms with Crippen LogP contribution in [0.4, 0.5) is 0 Å². The highest BCUT2D eigenvalue weighted by Gasteiger charge is 2.13. The second kappa shape index (κ2) is 4.82. The highest BCUT2D eigenvalue weighted by atomic mass is 35.5. The molecule has 1 heterocycles. The Bertz CT molecular complexity index is 605. The molecule has 0 radical (unpaired) electrons. The number of hydrogen-bond acceptors (Lipinski definition) is 2. The number of aromatic carboxylic acids is 1.